The number of benzene rings is 3. The summed E-state index contributed by atoms with van der Waals surface area (Å²) in [5.74, 6) is -0.844. The van der Waals surface area contributed by atoms with Gasteiger partial charge in [-0.2, -0.15) is 0 Å². The van der Waals surface area contributed by atoms with Gasteiger partial charge in [-0.1, -0.05) is 95.2 Å². The molecule has 0 aromatic heterocycles. The van der Waals surface area contributed by atoms with Crippen LogP contribution in [0.3, 0.4) is 0 Å². The van der Waals surface area contributed by atoms with Gasteiger partial charge in [0.1, 0.15) is 13.7 Å². The van der Waals surface area contributed by atoms with Crippen molar-refractivity contribution in [1.29, 1.82) is 0 Å². The van der Waals surface area contributed by atoms with Crippen LogP contribution < -0.4 is 0 Å². The molecule has 1 saturated carbocycles. The molecule has 3 aromatic carbocycles. The molecule has 168 valence electrons. The smallest absolute Gasteiger partial charge is 0.358 e. The average Bonchev–Trinajstić information content (AvgIpc) is 3.61. The van der Waals surface area contributed by atoms with Gasteiger partial charge >= 0.3 is 5.97 Å². The molecule has 1 fully saturated rings. The van der Waals surface area contributed by atoms with E-state index in [2.05, 4.69) is 46.7 Å². The molecule has 0 amide bonds. The number of hydrogen-bond acceptors (Lipinski definition) is 5. The predicted octanol–water partition coefficient (Wildman–Crippen LogP) is 5.14. The van der Waals surface area contributed by atoms with Gasteiger partial charge < -0.3 is 14.8 Å². The fourth-order valence-electron chi connectivity index (χ4n) is 4.47. The Morgan fingerprint density at radius 2 is 1.61 bits per heavy atom. The summed E-state index contributed by atoms with van der Waals surface area (Å²) in [4.78, 5) is 22.1. The van der Waals surface area contributed by atoms with Gasteiger partial charge in [-0.15, -0.1) is 0 Å². The van der Waals surface area contributed by atoms with E-state index in [0.29, 0.717) is 17.0 Å². The van der Waals surface area contributed by atoms with Gasteiger partial charge in [0.05, 0.1) is 5.71 Å². The van der Waals surface area contributed by atoms with Crippen molar-refractivity contribution in [2.75, 3.05) is 7.11 Å². The lowest BCUT2D eigenvalue weighted by molar-refractivity contribution is -0.129. The van der Waals surface area contributed by atoms with E-state index < -0.39 is 5.97 Å². The number of aliphatic carboxylic acids is 1. The molecule has 6 nitrogen and oxygen atoms in total. The fourth-order valence-corrected chi connectivity index (χ4v) is 4.47. The van der Waals surface area contributed by atoms with Gasteiger partial charge in [0, 0.05) is 22.5 Å². The van der Waals surface area contributed by atoms with Crippen molar-refractivity contribution in [3.8, 4) is 0 Å². The first-order valence-electron chi connectivity index (χ1n) is 10.8. The van der Waals surface area contributed by atoms with Gasteiger partial charge in [0.25, 0.3) is 0 Å². The van der Waals surface area contributed by atoms with Crippen molar-refractivity contribution in [2.24, 2.45) is 10.3 Å². The Hall–Kier alpha value is -3.93. The zero-order chi connectivity index (χ0) is 23.3. The highest BCUT2D eigenvalue weighted by atomic mass is 16.6. The predicted molar refractivity (Wildman–Crippen MR) is 127 cm³/mol. The van der Waals surface area contributed by atoms with Crippen LogP contribution in [0.5, 0.6) is 0 Å². The second-order valence-electron chi connectivity index (χ2n) is 8.04. The molecular weight excluding hydrogens is 416 g/mol. The van der Waals surface area contributed by atoms with E-state index in [0.717, 1.165) is 12.1 Å². The molecule has 4 rings (SSSR count). The fraction of sp³-hybridized carbons (Fsp3) is 0.222. The maximum atomic E-state index is 11.6. The highest BCUT2D eigenvalue weighted by Gasteiger charge is 2.58. The molecule has 0 spiro atoms. The molecule has 1 aliphatic carbocycles. The van der Waals surface area contributed by atoms with E-state index in [-0.39, 0.29) is 17.7 Å². The summed E-state index contributed by atoms with van der Waals surface area (Å²) >= 11 is 0. The van der Waals surface area contributed by atoms with Crippen LogP contribution in [0, 0.1) is 0 Å². The molecule has 33 heavy (non-hydrogen) atoms. The van der Waals surface area contributed by atoms with Crippen molar-refractivity contribution in [3.05, 3.63) is 107 Å². The van der Waals surface area contributed by atoms with Crippen LogP contribution in [0.25, 0.3) is 0 Å². The van der Waals surface area contributed by atoms with Crippen molar-refractivity contribution in [3.63, 3.8) is 0 Å². The van der Waals surface area contributed by atoms with Gasteiger partial charge in [-0.25, -0.2) is 4.79 Å². The molecule has 3 aromatic rings. The van der Waals surface area contributed by atoms with Crippen LogP contribution >= 0.6 is 0 Å². The average molecular weight is 443 g/mol. The lowest BCUT2D eigenvalue weighted by atomic mass is 9.87. The van der Waals surface area contributed by atoms with Crippen LogP contribution in [-0.2, 0) is 26.5 Å². The Balaban J connectivity index is 1.59. The van der Waals surface area contributed by atoms with Gasteiger partial charge in [-0.05, 0) is 24.5 Å². The molecule has 0 aliphatic heterocycles. The van der Waals surface area contributed by atoms with Crippen LogP contribution in [0.4, 0.5) is 0 Å². The number of rotatable bonds is 9. The Morgan fingerprint density at radius 1 is 0.970 bits per heavy atom. The minimum atomic E-state index is -1.17. The van der Waals surface area contributed by atoms with Gasteiger partial charge in [0.15, 0.2) is 5.71 Å². The maximum absolute atomic E-state index is 11.6. The number of carboxylic acids is 1. The van der Waals surface area contributed by atoms with Crippen molar-refractivity contribution >= 4 is 17.4 Å². The molecule has 0 heterocycles. The lowest BCUT2D eigenvalue weighted by Gasteiger charge is -2.18. The highest BCUT2D eigenvalue weighted by Crippen LogP contribution is 2.61. The first-order chi connectivity index (χ1) is 16.1. The Morgan fingerprint density at radius 3 is 2.27 bits per heavy atom. The molecule has 0 radical (unpaired) electrons. The van der Waals surface area contributed by atoms with Crippen LogP contribution in [0.2, 0.25) is 0 Å². The zero-order valence-corrected chi connectivity index (χ0v) is 18.6. The standard InChI is InChI=1S/C27H26N2O4/c1-19(28-33-18-21-13-9-10-16-23(21)25(26(30)31)29-32-2)27(22-14-7-4-8-15-22)17-24(27)20-11-5-3-6-12-20/h3-16,24H,17-18H2,1-2H3,(H,30,31)/b28-19-,29-25-. The molecule has 1 aliphatic rings. The quantitative estimate of drug-likeness (QED) is 0.368. The summed E-state index contributed by atoms with van der Waals surface area (Å²) < 4.78 is 0. The SMILES string of the molecule is CO/N=C(\C(=O)O)c1ccccc1CO/N=C(/C)C1(c2ccccc2)CC1c1ccccc1. The monoisotopic (exact) mass is 442 g/mol. The first-order valence-corrected chi connectivity index (χ1v) is 10.8. The van der Waals surface area contributed by atoms with Crippen LogP contribution in [0.1, 0.15) is 41.5 Å². The molecule has 2 atom stereocenters. The van der Waals surface area contributed by atoms with Gasteiger partial charge in [0.2, 0.25) is 0 Å². The molecule has 2 unspecified atom stereocenters. The Bertz CT molecular complexity index is 1170. The topological polar surface area (TPSA) is 80.5 Å². The summed E-state index contributed by atoms with van der Waals surface area (Å²) in [6.45, 7) is 2.11. The van der Waals surface area contributed by atoms with Crippen LogP contribution in [-0.4, -0.2) is 29.6 Å². The van der Waals surface area contributed by atoms with Gasteiger partial charge in [-0.3, -0.25) is 0 Å². The largest absolute Gasteiger partial charge is 0.476 e. The maximum Gasteiger partial charge on any atom is 0.358 e. The zero-order valence-electron chi connectivity index (χ0n) is 18.6. The van der Waals surface area contributed by atoms with E-state index in [1.807, 2.05) is 37.3 Å². The molecule has 6 heteroatoms. The highest BCUT2D eigenvalue weighted by molar-refractivity contribution is 6.42. The number of oxime groups is 2. The second kappa shape index (κ2) is 9.69. The molecule has 0 bridgehead atoms. The number of carboxylic acid groups (broad SMARTS) is 1. The third-order valence-electron chi connectivity index (χ3n) is 6.18. The summed E-state index contributed by atoms with van der Waals surface area (Å²) in [7, 11) is 1.32. The second-order valence-corrected chi connectivity index (χ2v) is 8.04. The van der Waals surface area contributed by atoms with E-state index in [9.17, 15) is 9.90 Å². The number of carbonyl (C=O) groups is 1. The Kier molecular flexibility index (Phi) is 6.54. The summed E-state index contributed by atoms with van der Waals surface area (Å²) in [6, 6.07) is 27.9. The minimum Gasteiger partial charge on any atom is -0.476 e. The molecule has 1 N–H and O–H groups in total. The lowest BCUT2D eigenvalue weighted by Crippen LogP contribution is -2.21. The van der Waals surface area contributed by atoms with Crippen molar-refractivity contribution in [2.45, 2.75) is 31.3 Å². The van der Waals surface area contributed by atoms with E-state index in [4.69, 9.17) is 9.68 Å². The summed E-state index contributed by atoms with van der Waals surface area (Å²) in [5.41, 5.74) is 4.09. The van der Waals surface area contributed by atoms with Crippen molar-refractivity contribution < 1.29 is 19.6 Å². The first kappa shape index (κ1) is 22.3. The van der Waals surface area contributed by atoms with E-state index in [1.54, 1.807) is 18.2 Å². The van der Waals surface area contributed by atoms with E-state index in [1.165, 1.54) is 18.2 Å². The number of hydrogen-bond donors (Lipinski definition) is 1. The van der Waals surface area contributed by atoms with Crippen molar-refractivity contribution in [1.82, 2.24) is 0 Å². The Labute approximate surface area is 193 Å². The summed E-state index contributed by atoms with van der Waals surface area (Å²) in [5, 5.41) is 17.6. The molecule has 0 saturated heterocycles. The normalized spacial score (nSPS) is 20.2. The third-order valence-corrected chi connectivity index (χ3v) is 6.18. The minimum absolute atomic E-state index is 0.115. The van der Waals surface area contributed by atoms with Crippen LogP contribution in [0.15, 0.2) is 95.2 Å². The third kappa shape index (κ3) is 4.51. The molecular formula is C27H26N2O4. The summed E-state index contributed by atoms with van der Waals surface area (Å²) in [6.07, 6.45) is 0.958. The van der Waals surface area contributed by atoms with E-state index >= 15 is 0 Å². The number of nitrogens with zero attached hydrogens (tertiary/aromatic N) is 2.